The topological polar surface area (TPSA) is 52.4 Å². The summed E-state index contributed by atoms with van der Waals surface area (Å²) in [5, 5.41) is 11.2. The summed E-state index contributed by atoms with van der Waals surface area (Å²) in [5.74, 6) is -0.198. The summed E-state index contributed by atoms with van der Waals surface area (Å²) < 4.78 is 18.7. The molecule has 0 unspecified atom stereocenters. The molecule has 0 amide bonds. The van der Waals surface area contributed by atoms with E-state index in [4.69, 9.17) is 16.3 Å². The van der Waals surface area contributed by atoms with Gasteiger partial charge < -0.3 is 4.74 Å². The number of hydrogen-bond donors (Lipinski definition) is 0. The van der Waals surface area contributed by atoms with Crippen molar-refractivity contribution in [3.05, 3.63) is 61.8 Å². The van der Waals surface area contributed by atoms with Crippen molar-refractivity contribution in [1.29, 1.82) is 0 Å². The average Bonchev–Trinajstić information content (AvgIpc) is 2.32. The molecule has 0 bridgehead atoms. The highest BCUT2D eigenvalue weighted by Crippen LogP contribution is 2.36. The van der Waals surface area contributed by atoms with Crippen molar-refractivity contribution >= 4 is 33.2 Å². The highest BCUT2D eigenvalue weighted by atomic mass is 79.9. The molecule has 0 saturated carbocycles. The molecule has 0 aliphatic heterocycles. The van der Waals surface area contributed by atoms with Gasteiger partial charge >= 0.3 is 5.69 Å². The van der Waals surface area contributed by atoms with Crippen molar-refractivity contribution in [2.24, 2.45) is 0 Å². The van der Waals surface area contributed by atoms with Gasteiger partial charge in [0, 0.05) is 17.2 Å². The van der Waals surface area contributed by atoms with Gasteiger partial charge in [0.2, 0.25) is 5.75 Å². The van der Waals surface area contributed by atoms with Crippen LogP contribution in [-0.4, -0.2) is 4.92 Å². The van der Waals surface area contributed by atoms with Crippen LogP contribution in [-0.2, 0) is 0 Å². The Hall–Kier alpha value is -1.66. The third kappa shape index (κ3) is 3.21. The first kappa shape index (κ1) is 13.8. The molecule has 0 aromatic heterocycles. The number of rotatable bonds is 3. The monoisotopic (exact) mass is 345 g/mol. The molecule has 7 heteroatoms. The second-order valence-corrected chi connectivity index (χ2v) is 4.84. The lowest BCUT2D eigenvalue weighted by molar-refractivity contribution is -0.385. The Bertz CT molecular complexity index is 651. The summed E-state index contributed by atoms with van der Waals surface area (Å²) >= 11 is 8.90. The minimum atomic E-state index is -0.580. The summed E-state index contributed by atoms with van der Waals surface area (Å²) in [6.07, 6.45) is 0. The molecule has 0 fully saturated rings. The van der Waals surface area contributed by atoms with Gasteiger partial charge in [-0.2, -0.15) is 0 Å². The van der Waals surface area contributed by atoms with E-state index in [1.165, 1.54) is 36.4 Å². The van der Waals surface area contributed by atoms with E-state index in [0.717, 1.165) is 0 Å². The van der Waals surface area contributed by atoms with Gasteiger partial charge in [-0.1, -0.05) is 11.6 Å². The van der Waals surface area contributed by atoms with Crippen LogP contribution in [0, 0.1) is 15.9 Å². The fourth-order valence-corrected chi connectivity index (χ4v) is 1.99. The van der Waals surface area contributed by atoms with E-state index in [1.54, 1.807) is 0 Å². The SMILES string of the molecule is O=[N+]([O-])c1ccc(Cl)cc1Oc1ccc(F)cc1Br. The second-order valence-electron chi connectivity index (χ2n) is 3.55. The Morgan fingerprint density at radius 1 is 1.21 bits per heavy atom. The predicted octanol–water partition coefficient (Wildman–Crippen LogP) is 4.94. The zero-order valence-electron chi connectivity index (χ0n) is 9.27. The first-order valence-electron chi connectivity index (χ1n) is 5.04. The maximum absolute atomic E-state index is 12.9. The van der Waals surface area contributed by atoms with Gasteiger partial charge in [-0.15, -0.1) is 0 Å². The number of nitro benzene ring substituents is 1. The predicted molar refractivity (Wildman–Crippen MR) is 72.3 cm³/mol. The van der Waals surface area contributed by atoms with E-state index < -0.39 is 10.7 Å². The first-order valence-corrected chi connectivity index (χ1v) is 6.21. The summed E-state index contributed by atoms with van der Waals surface area (Å²) in [4.78, 5) is 10.3. The quantitative estimate of drug-likeness (QED) is 0.584. The van der Waals surface area contributed by atoms with E-state index in [0.29, 0.717) is 9.50 Å². The lowest BCUT2D eigenvalue weighted by Crippen LogP contribution is -1.94. The van der Waals surface area contributed by atoms with Crippen LogP contribution in [0.3, 0.4) is 0 Å². The van der Waals surface area contributed by atoms with Crippen molar-refractivity contribution in [2.45, 2.75) is 0 Å². The highest BCUT2D eigenvalue weighted by Gasteiger charge is 2.17. The first-order chi connectivity index (χ1) is 8.97. The van der Waals surface area contributed by atoms with Crippen LogP contribution in [0.5, 0.6) is 11.5 Å². The smallest absolute Gasteiger partial charge is 0.311 e. The molecule has 0 spiro atoms. The fraction of sp³-hybridized carbons (Fsp3) is 0. The number of nitrogens with zero attached hydrogens (tertiary/aromatic N) is 1. The molecular weight excluding hydrogens is 340 g/mol. The molecule has 98 valence electrons. The molecule has 2 aromatic rings. The maximum atomic E-state index is 12.9. The Labute approximate surface area is 121 Å². The molecule has 2 rings (SSSR count). The van der Waals surface area contributed by atoms with Gasteiger partial charge in [-0.05, 0) is 40.2 Å². The fourth-order valence-electron chi connectivity index (χ4n) is 1.40. The average molecular weight is 347 g/mol. The molecule has 0 heterocycles. The second kappa shape index (κ2) is 5.54. The standard InChI is InChI=1S/C12H6BrClFNO3/c13-9-6-8(15)2-4-11(9)19-12-5-7(14)1-3-10(12)16(17)18/h1-6H. The molecule has 0 N–H and O–H groups in total. The van der Waals surface area contributed by atoms with Gasteiger partial charge in [0.1, 0.15) is 11.6 Å². The van der Waals surface area contributed by atoms with Crippen LogP contribution in [0.15, 0.2) is 40.9 Å². The minimum absolute atomic E-state index is 0.00944. The summed E-state index contributed by atoms with van der Waals surface area (Å²) in [6, 6.07) is 7.73. The van der Waals surface area contributed by atoms with Gasteiger partial charge in [0.15, 0.2) is 0 Å². The molecule has 0 aliphatic carbocycles. The largest absolute Gasteiger partial charge is 0.449 e. The third-order valence-corrected chi connectivity index (χ3v) is 3.09. The Morgan fingerprint density at radius 2 is 1.95 bits per heavy atom. The maximum Gasteiger partial charge on any atom is 0.311 e. The molecule has 0 saturated heterocycles. The zero-order valence-corrected chi connectivity index (χ0v) is 11.6. The zero-order chi connectivity index (χ0) is 14.0. The lowest BCUT2D eigenvalue weighted by atomic mass is 10.3. The number of halogens is 3. The van der Waals surface area contributed by atoms with E-state index >= 15 is 0 Å². The third-order valence-electron chi connectivity index (χ3n) is 2.23. The Balaban J connectivity index is 2.42. The molecular formula is C12H6BrClFNO3. The van der Waals surface area contributed by atoms with Crippen LogP contribution in [0.1, 0.15) is 0 Å². The summed E-state index contributed by atoms with van der Waals surface area (Å²) in [6.45, 7) is 0. The van der Waals surface area contributed by atoms with E-state index in [2.05, 4.69) is 15.9 Å². The Morgan fingerprint density at radius 3 is 2.58 bits per heavy atom. The van der Waals surface area contributed by atoms with E-state index in [-0.39, 0.29) is 17.2 Å². The van der Waals surface area contributed by atoms with Crippen molar-refractivity contribution in [1.82, 2.24) is 0 Å². The molecule has 0 aliphatic rings. The Kier molecular flexibility index (Phi) is 4.01. The van der Waals surface area contributed by atoms with Crippen LogP contribution < -0.4 is 4.74 Å². The van der Waals surface area contributed by atoms with Crippen LogP contribution in [0.2, 0.25) is 5.02 Å². The lowest BCUT2D eigenvalue weighted by Gasteiger charge is -2.08. The minimum Gasteiger partial charge on any atom is -0.449 e. The van der Waals surface area contributed by atoms with Gasteiger partial charge in [0.25, 0.3) is 0 Å². The molecule has 4 nitrogen and oxygen atoms in total. The number of hydrogen-bond acceptors (Lipinski definition) is 3. The number of benzene rings is 2. The van der Waals surface area contributed by atoms with Crippen molar-refractivity contribution in [3.8, 4) is 11.5 Å². The van der Waals surface area contributed by atoms with Crippen molar-refractivity contribution < 1.29 is 14.1 Å². The molecule has 2 aromatic carbocycles. The van der Waals surface area contributed by atoms with E-state index in [9.17, 15) is 14.5 Å². The van der Waals surface area contributed by atoms with Crippen LogP contribution >= 0.6 is 27.5 Å². The normalized spacial score (nSPS) is 10.3. The van der Waals surface area contributed by atoms with Crippen molar-refractivity contribution in [2.75, 3.05) is 0 Å². The highest BCUT2D eigenvalue weighted by molar-refractivity contribution is 9.10. The number of ether oxygens (including phenoxy) is 1. The van der Waals surface area contributed by atoms with Crippen LogP contribution in [0.4, 0.5) is 10.1 Å². The molecule has 0 radical (unpaired) electrons. The molecule has 0 atom stereocenters. The van der Waals surface area contributed by atoms with Gasteiger partial charge in [-0.25, -0.2) is 4.39 Å². The van der Waals surface area contributed by atoms with E-state index in [1.807, 2.05) is 0 Å². The number of nitro groups is 1. The van der Waals surface area contributed by atoms with Crippen molar-refractivity contribution in [3.63, 3.8) is 0 Å². The van der Waals surface area contributed by atoms with Gasteiger partial charge in [0.05, 0.1) is 9.40 Å². The summed E-state index contributed by atoms with van der Waals surface area (Å²) in [5.41, 5.74) is -0.222. The molecule has 19 heavy (non-hydrogen) atoms. The van der Waals surface area contributed by atoms with Gasteiger partial charge in [-0.3, -0.25) is 10.1 Å². The van der Waals surface area contributed by atoms with Crippen LogP contribution in [0.25, 0.3) is 0 Å². The summed E-state index contributed by atoms with van der Waals surface area (Å²) in [7, 11) is 0.